The normalized spacial score (nSPS) is 12.5. The van der Waals surface area contributed by atoms with Crippen LogP contribution in [0, 0.1) is 11.3 Å². The summed E-state index contributed by atoms with van der Waals surface area (Å²) in [5.74, 6) is -0.0986. The van der Waals surface area contributed by atoms with E-state index in [9.17, 15) is 10.1 Å². The van der Waals surface area contributed by atoms with Gasteiger partial charge in [0.25, 0.3) is 5.91 Å². The van der Waals surface area contributed by atoms with E-state index in [0.717, 1.165) is 11.1 Å². The summed E-state index contributed by atoms with van der Waals surface area (Å²) < 4.78 is 1.79. The fraction of sp³-hybridized carbons (Fsp3) is 0.242. The molecule has 218 valence electrons. The lowest BCUT2D eigenvalue weighted by molar-refractivity contribution is 0.0827. The van der Waals surface area contributed by atoms with Crippen molar-refractivity contribution >= 4 is 39.8 Å². The zero-order valence-corrected chi connectivity index (χ0v) is 25.5. The van der Waals surface area contributed by atoms with E-state index in [1.807, 2.05) is 87.6 Å². The summed E-state index contributed by atoms with van der Waals surface area (Å²) in [5.41, 5.74) is 5.49. The summed E-state index contributed by atoms with van der Waals surface area (Å²) in [6.07, 6.45) is 3.44. The van der Waals surface area contributed by atoms with Crippen molar-refractivity contribution < 1.29 is 4.79 Å². The first-order valence-corrected chi connectivity index (χ1v) is 14.4. The molecule has 9 nitrogen and oxygen atoms in total. The van der Waals surface area contributed by atoms with Gasteiger partial charge in [0.05, 0.1) is 34.0 Å². The molecule has 0 saturated heterocycles. The molecular weight excluding hydrogens is 560 g/mol. The number of carbonyl (C=O) groups excluding carboxylic acids is 1. The Labute approximate surface area is 256 Å². The second-order valence-corrected chi connectivity index (χ2v) is 11.3. The van der Waals surface area contributed by atoms with Gasteiger partial charge in [0.15, 0.2) is 0 Å². The average Bonchev–Trinajstić information content (AvgIpc) is 3.51. The van der Waals surface area contributed by atoms with Crippen LogP contribution in [0.3, 0.4) is 0 Å². The van der Waals surface area contributed by atoms with E-state index in [1.54, 1.807) is 35.9 Å². The van der Waals surface area contributed by atoms with Crippen LogP contribution in [0.25, 0.3) is 10.9 Å². The minimum Gasteiger partial charge on any atom is -0.377 e. The summed E-state index contributed by atoms with van der Waals surface area (Å²) in [7, 11) is 3.45. The van der Waals surface area contributed by atoms with Crippen molar-refractivity contribution in [2.75, 3.05) is 24.7 Å². The van der Waals surface area contributed by atoms with E-state index in [4.69, 9.17) is 11.6 Å². The number of pyridine rings is 1. The third-order valence-corrected chi connectivity index (χ3v) is 7.53. The molecule has 0 bridgehead atoms. The largest absolute Gasteiger partial charge is 0.377 e. The summed E-state index contributed by atoms with van der Waals surface area (Å²) in [6, 6.07) is 23.1. The molecule has 0 aliphatic rings. The number of carbonyl (C=O) groups is 1. The number of nitrogens with zero attached hydrogens (tertiary/aromatic N) is 6. The fourth-order valence-electron chi connectivity index (χ4n) is 4.90. The molecule has 0 saturated carbocycles. The molecule has 1 amide bonds. The van der Waals surface area contributed by atoms with Gasteiger partial charge in [0.1, 0.15) is 11.8 Å². The van der Waals surface area contributed by atoms with Crippen LogP contribution >= 0.6 is 11.6 Å². The topological polar surface area (TPSA) is 112 Å². The van der Waals surface area contributed by atoms with Gasteiger partial charge < -0.3 is 15.5 Å². The number of nitrogens with one attached hydrogen (secondary N) is 2. The van der Waals surface area contributed by atoms with Gasteiger partial charge in [-0.15, -0.1) is 5.10 Å². The first-order chi connectivity index (χ1) is 20.7. The minimum absolute atomic E-state index is 0.0786. The van der Waals surface area contributed by atoms with Crippen LogP contribution in [-0.4, -0.2) is 44.9 Å². The van der Waals surface area contributed by atoms with Gasteiger partial charge in [0.2, 0.25) is 0 Å². The van der Waals surface area contributed by atoms with Gasteiger partial charge >= 0.3 is 0 Å². The van der Waals surface area contributed by atoms with Crippen molar-refractivity contribution in [2.45, 2.75) is 38.9 Å². The highest BCUT2D eigenvalue weighted by atomic mass is 35.5. The van der Waals surface area contributed by atoms with Gasteiger partial charge in [-0.2, -0.15) is 5.26 Å². The number of nitriles is 1. The molecule has 0 aliphatic carbocycles. The third-order valence-electron chi connectivity index (χ3n) is 7.24. The van der Waals surface area contributed by atoms with Crippen LogP contribution < -0.4 is 10.6 Å². The Balaban J connectivity index is 1.61. The highest BCUT2D eigenvalue weighted by Crippen LogP contribution is 2.37. The lowest BCUT2D eigenvalue weighted by atomic mass is 10.00. The molecule has 2 unspecified atom stereocenters. The van der Waals surface area contributed by atoms with E-state index in [-0.39, 0.29) is 18.0 Å². The van der Waals surface area contributed by atoms with Crippen molar-refractivity contribution in [1.29, 1.82) is 5.26 Å². The fourth-order valence-corrected chi connectivity index (χ4v) is 5.17. The lowest BCUT2D eigenvalue weighted by Gasteiger charge is -2.22. The van der Waals surface area contributed by atoms with Gasteiger partial charge in [-0.1, -0.05) is 59.3 Å². The zero-order valence-electron chi connectivity index (χ0n) is 24.7. The van der Waals surface area contributed by atoms with Crippen molar-refractivity contribution in [3.05, 3.63) is 112 Å². The lowest BCUT2D eigenvalue weighted by Crippen LogP contribution is -2.22. The number of halogens is 1. The Morgan fingerprint density at radius 2 is 1.74 bits per heavy atom. The van der Waals surface area contributed by atoms with Crippen molar-refractivity contribution in [3.63, 3.8) is 0 Å². The molecule has 5 aromatic rings. The van der Waals surface area contributed by atoms with Crippen molar-refractivity contribution in [3.8, 4) is 6.07 Å². The molecule has 0 aliphatic heterocycles. The molecule has 10 heteroatoms. The van der Waals surface area contributed by atoms with E-state index < -0.39 is 6.04 Å². The van der Waals surface area contributed by atoms with Gasteiger partial charge in [0, 0.05) is 49.0 Å². The number of fused-ring (bicyclic) bond motifs is 1. The van der Waals surface area contributed by atoms with Gasteiger partial charge in [-0.25, -0.2) is 4.68 Å². The Hall–Kier alpha value is -4.94. The van der Waals surface area contributed by atoms with Crippen LogP contribution in [0.5, 0.6) is 0 Å². The molecule has 3 aromatic carbocycles. The van der Waals surface area contributed by atoms with Gasteiger partial charge in [-0.05, 0) is 56.2 Å². The Morgan fingerprint density at radius 3 is 2.42 bits per heavy atom. The molecule has 5 rings (SSSR count). The summed E-state index contributed by atoms with van der Waals surface area (Å²) >= 11 is 6.81. The molecule has 43 heavy (non-hydrogen) atoms. The Kier molecular flexibility index (Phi) is 8.60. The van der Waals surface area contributed by atoms with Crippen molar-refractivity contribution in [1.82, 2.24) is 24.9 Å². The Morgan fingerprint density at radius 1 is 1.00 bits per heavy atom. The number of anilines is 2. The monoisotopic (exact) mass is 592 g/mol. The van der Waals surface area contributed by atoms with Crippen LogP contribution in [0.15, 0.2) is 79.1 Å². The molecule has 0 spiro atoms. The van der Waals surface area contributed by atoms with E-state index >= 15 is 0 Å². The molecule has 0 fully saturated rings. The molecule has 2 atom stereocenters. The molecule has 2 aromatic heterocycles. The van der Waals surface area contributed by atoms with E-state index in [0.29, 0.717) is 44.1 Å². The summed E-state index contributed by atoms with van der Waals surface area (Å²) in [5, 5.41) is 27.0. The number of hydrogen-bond donors (Lipinski definition) is 2. The van der Waals surface area contributed by atoms with Crippen LogP contribution in [0.1, 0.15) is 71.6 Å². The summed E-state index contributed by atoms with van der Waals surface area (Å²) in [6.45, 7) is 6.11. The van der Waals surface area contributed by atoms with Crippen LogP contribution in [0.2, 0.25) is 5.02 Å². The number of aromatic nitrogens is 4. The van der Waals surface area contributed by atoms with Gasteiger partial charge in [-0.3, -0.25) is 9.78 Å². The number of benzene rings is 3. The number of hydrogen-bond acceptors (Lipinski definition) is 7. The summed E-state index contributed by atoms with van der Waals surface area (Å²) in [4.78, 5) is 18.9. The van der Waals surface area contributed by atoms with E-state index in [1.165, 1.54) is 0 Å². The second kappa shape index (κ2) is 12.5. The molecule has 0 radical (unpaired) electrons. The average molecular weight is 593 g/mol. The van der Waals surface area contributed by atoms with Crippen LogP contribution in [-0.2, 0) is 0 Å². The predicted octanol–water partition coefficient (Wildman–Crippen LogP) is 7.01. The standard InChI is InChI=1S/C33H33ClN8O/c1-20(2)42-19-29(39-40-42)31(23-12-9-13-24(14-23)33(43)41(4)5)38-26-15-27-30(37-21(3)22-10-7-6-8-11-22)25(17-35)18-36-32(27)28(34)16-26/h6-16,18-21,31,38H,1-5H3,(H,36,37). The minimum atomic E-state index is -0.456. The molecule has 2 heterocycles. The third kappa shape index (κ3) is 6.30. The molecular formula is C33H33ClN8O. The first-order valence-electron chi connectivity index (χ1n) is 14.0. The van der Waals surface area contributed by atoms with Crippen molar-refractivity contribution in [2.24, 2.45) is 0 Å². The zero-order chi connectivity index (χ0) is 30.7. The maximum atomic E-state index is 12.8. The molecule has 2 N–H and O–H groups in total. The van der Waals surface area contributed by atoms with E-state index in [2.05, 4.69) is 32.0 Å². The maximum absolute atomic E-state index is 12.8. The highest BCUT2D eigenvalue weighted by molar-refractivity contribution is 6.35. The second-order valence-electron chi connectivity index (χ2n) is 10.9. The Bertz CT molecular complexity index is 1810. The van der Waals surface area contributed by atoms with Crippen LogP contribution in [0.4, 0.5) is 11.4 Å². The smallest absolute Gasteiger partial charge is 0.253 e. The quantitative estimate of drug-likeness (QED) is 0.189. The number of amides is 1. The predicted molar refractivity (Wildman–Crippen MR) is 170 cm³/mol. The first kappa shape index (κ1) is 29.5. The SMILES string of the molecule is CC(Nc1c(C#N)cnc2c(Cl)cc(NC(c3cccc(C(=O)N(C)C)c3)c3cn(C(C)C)nn3)cc12)c1ccccc1. The number of rotatable bonds is 9. The maximum Gasteiger partial charge on any atom is 0.253 e. The highest BCUT2D eigenvalue weighted by Gasteiger charge is 2.22.